The first-order valence-electron chi connectivity index (χ1n) is 5.83. The predicted octanol–water partition coefficient (Wildman–Crippen LogP) is -0.0452. The Hall–Kier alpha value is -1.87. The lowest BCUT2D eigenvalue weighted by atomic mass is 10.4. The van der Waals surface area contributed by atoms with E-state index in [4.69, 9.17) is 5.11 Å². The van der Waals surface area contributed by atoms with E-state index in [1.54, 1.807) is 6.92 Å². The van der Waals surface area contributed by atoms with Crippen molar-refractivity contribution in [3.63, 3.8) is 0 Å². The predicted molar refractivity (Wildman–Crippen MR) is 68.8 cm³/mol. The molecule has 1 aromatic heterocycles. The molecular formula is C11H16N2O6S. The maximum atomic E-state index is 11.9. The van der Waals surface area contributed by atoms with Crippen molar-refractivity contribution in [2.45, 2.75) is 18.2 Å². The number of hydrogen-bond donors (Lipinski definition) is 2. The van der Waals surface area contributed by atoms with Gasteiger partial charge in [0.1, 0.15) is 10.6 Å². The van der Waals surface area contributed by atoms with Crippen LogP contribution in [-0.4, -0.2) is 43.2 Å². The van der Waals surface area contributed by atoms with Gasteiger partial charge in [-0.3, -0.25) is 4.79 Å². The summed E-state index contributed by atoms with van der Waals surface area (Å²) in [5, 5.41) is 8.86. The molecule has 1 rings (SSSR count). The van der Waals surface area contributed by atoms with Crippen molar-refractivity contribution < 1.29 is 27.9 Å². The number of aromatic nitrogens is 1. The van der Waals surface area contributed by atoms with Gasteiger partial charge in [0, 0.05) is 19.8 Å². The fourth-order valence-electron chi connectivity index (χ4n) is 1.50. The minimum Gasteiger partial charge on any atom is -0.477 e. The van der Waals surface area contributed by atoms with E-state index in [-0.39, 0.29) is 30.2 Å². The third-order valence-electron chi connectivity index (χ3n) is 2.44. The zero-order valence-electron chi connectivity index (χ0n) is 11.1. The van der Waals surface area contributed by atoms with Crippen molar-refractivity contribution in [1.29, 1.82) is 0 Å². The second-order valence-corrected chi connectivity index (χ2v) is 5.70. The van der Waals surface area contributed by atoms with E-state index < -0.39 is 22.0 Å². The molecule has 0 aromatic carbocycles. The fraction of sp³-hybridized carbons (Fsp3) is 0.455. The quantitative estimate of drug-likeness (QED) is 0.683. The highest BCUT2D eigenvalue weighted by molar-refractivity contribution is 7.89. The molecule has 0 aliphatic rings. The van der Waals surface area contributed by atoms with E-state index in [0.717, 1.165) is 6.07 Å². The average molecular weight is 304 g/mol. The molecule has 20 heavy (non-hydrogen) atoms. The number of carboxylic acids is 1. The number of ether oxygens (including phenoxy) is 1. The van der Waals surface area contributed by atoms with E-state index in [0.29, 0.717) is 0 Å². The lowest BCUT2D eigenvalue weighted by Gasteiger charge is -2.04. The summed E-state index contributed by atoms with van der Waals surface area (Å²) in [6, 6.07) is 1.05. The molecular weight excluding hydrogens is 288 g/mol. The van der Waals surface area contributed by atoms with Crippen LogP contribution < -0.4 is 4.72 Å². The van der Waals surface area contributed by atoms with Crippen LogP contribution in [0.3, 0.4) is 0 Å². The number of esters is 1. The number of carbonyl (C=O) groups is 2. The first kappa shape index (κ1) is 16.2. The fourth-order valence-corrected chi connectivity index (χ4v) is 2.60. The van der Waals surface area contributed by atoms with Crippen LogP contribution in [0, 0.1) is 0 Å². The molecule has 0 unspecified atom stereocenters. The largest absolute Gasteiger partial charge is 0.477 e. The van der Waals surface area contributed by atoms with Gasteiger partial charge in [-0.2, -0.15) is 0 Å². The number of carboxylic acid groups (broad SMARTS) is 1. The number of nitrogens with zero attached hydrogens (tertiary/aromatic N) is 1. The molecule has 1 aromatic rings. The van der Waals surface area contributed by atoms with Gasteiger partial charge in [-0.15, -0.1) is 0 Å². The third kappa shape index (κ3) is 4.07. The van der Waals surface area contributed by atoms with Crippen LogP contribution in [0.1, 0.15) is 23.8 Å². The highest BCUT2D eigenvalue weighted by Gasteiger charge is 2.20. The van der Waals surface area contributed by atoms with Crippen LogP contribution in [0.5, 0.6) is 0 Å². The summed E-state index contributed by atoms with van der Waals surface area (Å²) >= 11 is 0. The van der Waals surface area contributed by atoms with Crippen LogP contribution in [0.25, 0.3) is 0 Å². The normalized spacial score (nSPS) is 11.3. The number of aryl methyl sites for hydroxylation is 1. The number of aromatic carboxylic acids is 1. The van der Waals surface area contributed by atoms with Gasteiger partial charge in [-0.05, 0) is 13.0 Å². The van der Waals surface area contributed by atoms with Gasteiger partial charge in [-0.25, -0.2) is 17.9 Å². The summed E-state index contributed by atoms with van der Waals surface area (Å²) in [4.78, 5) is 21.7. The second-order valence-electron chi connectivity index (χ2n) is 3.93. The van der Waals surface area contributed by atoms with Gasteiger partial charge >= 0.3 is 11.9 Å². The van der Waals surface area contributed by atoms with Gasteiger partial charge in [0.05, 0.1) is 13.0 Å². The van der Waals surface area contributed by atoms with Crippen LogP contribution in [0.4, 0.5) is 0 Å². The molecule has 0 saturated carbocycles. The van der Waals surface area contributed by atoms with Crippen LogP contribution in [0.15, 0.2) is 17.2 Å². The summed E-state index contributed by atoms with van der Waals surface area (Å²) < 4.78 is 31.8. The molecule has 0 atom stereocenters. The minimum absolute atomic E-state index is 0.0916. The summed E-state index contributed by atoms with van der Waals surface area (Å²) in [5.74, 6) is -1.73. The highest BCUT2D eigenvalue weighted by Crippen LogP contribution is 2.13. The van der Waals surface area contributed by atoms with Gasteiger partial charge in [0.2, 0.25) is 10.0 Å². The van der Waals surface area contributed by atoms with E-state index >= 15 is 0 Å². The third-order valence-corrected chi connectivity index (χ3v) is 3.86. The molecule has 0 aliphatic heterocycles. The Bertz CT molecular complexity index is 604. The Balaban J connectivity index is 2.72. The summed E-state index contributed by atoms with van der Waals surface area (Å²) in [5.41, 5.74) is -0.143. The molecule has 0 fully saturated rings. The Morgan fingerprint density at radius 3 is 2.60 bits per heavy atom. The SMILES string of the molecule is CCOC(=O)CCNS(=O)(=O)c1cc(C(=O)O)n(C)c1. The lowest BCUT2D eigenvalue weighted by molar-refractivity contribution is -0.142. The number of nitrogens with one attached hydrogen (secondary N) is 1. The summed E-state index contributed by atoms with van der Waals surface area (Å²) in [6.45, 7) is 1.77. The smallest absolute Gasteiger partial charge is 0.352 e. The Morgan fingerprint density at radius 2 is 2.10 bits per heavy atom. The Morgan fingerprint density at radius 1 is 1.45 bits per heavy atom. The molecule has 0 amide bonds. The molecule has 2 N–H and O–H groups in total. The van der Waals surface area contributed by atoms with Gasteiger partial charge in [0.15, 0.2) is 0 Å². The second kappa shape index (κ2) is 6.53. The molecule has 9 heteroatoms. The highest BCUT2D eigenvalue weighted by atomic mass is 32.2. The topological polar surface area (TPSA) is 115 Å². The van der Waals surface area contributed by atoms with Crippen molar-refractivity contribution in [3.8, 4) is 0 Å². The summed E-state index contributed by atoms with van der Waals surface area (Å²) in [7, 11) is -2.42. The molecule has 0 radical (unpaired) electrons. The van der Waals surface area contributed by atoms with E-state index in [1.807, 2.05) is 0 Å². The minimum atomic E-state index is -3.85. The molecule has 0 spiro atoms. The van der Waals surface area contributed by atoms with Crippen molar-refractivity contribution in [3.05, 3.63) is 18.0 Å². The van der Waals surface area contributed by atoms with Crippen LogP contribution in [-0.2, 0) is 26.6 Å². The van der Waals surface area contributed by atoms with Crippen LogP contribution >= 0.6 is 0 Å². The standard InChI is InChI=1S/C11H16N2O6S/c1-3-19-10(14)4-5-12-20(17,18)8-6-9(11(15)16)13(2)7-8/h6-7,12H,3-5H2,1-2H3,(H,15,16). The first-order valence-corrected chi connectivity index (χ1v) is 7.31. The molecule has 8 nitrogen and oxygen atoms in total. The van der Waals surface area contributed by atoms with Crippen molar-refractivity contribution >= 4 is 22.0 Å². The molecule has 0 saturated heterocycles. The van der Waals surface area contributed by atoms with Gasteiger partial charge < -0.3 is 14.4 Å². The maximum absolute atomic E-state index is 11.9. The van der Waals surface area contributed by atoms with Crippen LogP contribution in [0.2, 0.25) is 0 Å². The van der Waals surface area contributed by atoms with E-state index in [9.17, 15) is 18.0 Å². The number of hydrogen-bond acceptors (Lipinski definition) is 5. The monoisotopic (exact) mass is 304 g/mol. The molecule has 0 bridgehead atoms. The van der Waals surface area contributed by atoms with Gasteiger partial charge in [-0.1, -0.05) is 0 Å². The lowest BCUT2D eigenvalue weighted by Crippen LogP contribution is -2.26. The Kier molecular flexibility index (Phi) is 5.28. The van der Waals surface area contributed by atoms with Crippen molar-refractivity contribution in [1.82, 2.24) is 9.29 Å². The molecule has 1 heterocycles. The number of rotatable bonds is 7. The van der Waals surface area contributed by atoms with Gasteiger partial charge in [0.25, 0.3) is 0 Å². The van der Waals surface area contributed by atoms with E-state index in [2.05, 4.69) is 9.46 Å². The number of sulfonamides is 1. The Labute approximate surface area is 116 Å². The summed E-state index contributed by atoms with van der Waals surface area (Å²) in [6.07, 6.45) is 1.10. The zero-order chi connectivity index (χ0) is 15.3. The number of carbonyl (C=O) groups excluding carboxylic acids is 1. The zero-order valence-corrected chi connectivity index (χ0v) is 11.9. The van der Waals surface area contributed by atoms with Crippen molar-refractivity contribution in [2.75, 3.05) is 13.2 Å². The first-order chi connectivity index (χ1) is 9.27. The maximum Gasteiger partial charge on any atom is 0.352 e. The van der Waals surface area contributed by atoms with Crippen molar-refractivity contribution in [2.24, 2.45) is 7.05 Å². The average Bonchev–Trinajstić information content (AvgIpc) is 2.72. The molecule has 112 valence electrons. The van der Waals surface area contributed by atoms with E-state index in [1.165, 1.54) is 17.8 Å². The molecule has 0 aliphatic carbocycles.